The molecule has 0 aliphatic carbocycles. The van der Waals surface area contributed by atoms with Gasteiger partial charge in [0.2, 0.25) is 0 Å². The van der Waals surface area contributed by atoms with Crippen LogP contribution < -0.4 is 5.32 Å². The van der Waals surface area contributed by atoms with Gasteiger partial charge in [-0.15, -0.1) is 6.42 Å². The van der Waals surface area contributed by atoms with Crippen LogP contribution in [0.3, 0.4) is 0 Å². The number of aryl methyl sites for hydroxylation is 1. The van der Waals surface area contributed by atoms with Crippen LogP contribution in [-0.4, -0.2) is 36.1 Å². The fraction of sp³-hybridized carbons (Fsp3) is 0.462. The molecule has 0 bridgehead atoms. The van der Waals surface area contributed by atoms with E-state index in [-0.39, 0.29) is 6.04 Å². The van der Waals surface area contributed by atoms with E-state index in [0.29, 0.717) is 0 Å². The number of hydrogen-bond donors (Lipinski definition) is 1. The van der Waals surface area contributed by atoms with Gasteiger partial charge >= 0.3 is 0 Å². The maximum absolute atomic E-state index is 5.66. The second-order valence-electron chi connectivity index (χ2n) is 4.03. The van der Waals surface area contributed by atoms with E-state index in [1.807, 2.05) is 19.2 Å². The van der Waals surface area contributed by atoms with Gasteiger partial charge in [-0.2, -0.15) is 0 Å². The highest BCUT2D eigenvalue weighted by atomic mass is 15.2. The molecule has 16 heavy (non-hydrogen) atoms. The Kier molecular flexibility index (Phi) is 3.55. The zero-order valence-electron chi connectivity index (χ0n) is 9.61. The molecule has 1 aliphatic heterocycles. The molecule has 1 aromatic rings. The Morgan fingerprint density at radius 2 is 2.25 bits per heavy atom. The molecule has 1 unspecified atom stereocenters. The second kappa shape index (κ2) is 5.11. The predicted molar refractivity (Wildman–Crippen MR) is 65.0 cm³/mol. The Morgan fingerprint density at radius 3 is 2.88 bits per heavy atom. The monoisotopic (exact) mass is 215 g/mol. The Morgan fingerprint density at radius 1 is 1.50 bits per heavy atom. The van der Waals surface area contributed by atoms with Crippen molar-refractivity contribution in [1.29, 1.82) is 0 Å². The molecular formula is C13H17N3. The molecule has 0 aromatic carbocycles. The van der Waals surface area contributed by atoms with Crippen LogP contribution in [0.2, 0.25) is 0 Å². The zero-order chi connectivity index (χ0) is 11.4. The van der Waals surface area contributed by atoms with Gasteiger partial charge in [0.15, 0.2) is 0 Å². The topological polar surface area (TPSA) is 28.2 Å². The minimum Gasteiger partial charge on any atom is -0.314 e. The van der Waals surface area contributed by atoms with Crippen molar-refractivity contribution in [1.82, 2.24) is 15.2 Å². The Balaban J connectivity index is 2.22. The molecule has 1 atom stereocenters. The molecule has 2 heterocycles. The summed E-state index contributed by atoms with van der Waals surface area (Å²) < 4.78 is 0. The van der Waals surface area contributed by atoms with Gasteiger partial charge in [0.05, 0.1) is 6.04 Å². The maximum atomic E-state index is 5.66. The first-order valence-electron chi connectivity index (χ1n) is 5.65. The van der Waals surface area contributed by atoms with Crippen molar-refractivity contribution >= 4 is 0 Å². The van der Waals surface area contributed by atoms with Crippen molar-refractivity contribution in [2.24, 2.45) is 0 Å². The van der Waals surface area contributed by atoms with Crippen LogP contribution in [0.5, 0.6) is 0 Å². The van der Waals surface area contributed by atoms with Gasteiger partial charge in [0.1, 0.15) is 0 Å². The summed E-state index contributed by atoms with van der Waals surface area (Å²) in [6, 6.07) is 4.10. The number of piperazine rings is 1. The summed E-state index contributed by atoms with van der Waals surface area (Å²) in [7, 11) is 0. The molecule has 1 fully saturated rings. The smallest absolute Gasteiger partial charge is 0.0986 e. The summed E-state index contributed by atoms with van der Waals surface area (Å²) >= 11 is 0. The molecule has 84 valence electrons. The molecular weight excluding hydrogens is 198 g/mol. The molecule has 0 radical (unpaired) electrons. The second-order valence-corrected chi connectivity index (χ2v) is 4.03. The van der Waals surface area contributed by atoms with E-state index < -0.39 is 0 Å². The van der Waals surface area contributed by atoms with E-state index in [9.17, 15) is 0 Å². The Labute approximate surface area is 96.9 Å². The molecule has 1 aliphatic rings. The van der Waals surface area contributed by atoms with E-state index in [1.54, 1.807) is 0 Å². The van der Waals surface area contributed by atoms with Crippen LogP contribution >= 0.6 is 0 Å². The van der Waals surface area contributed by atoms with Crippen molar-refractivity contribution in [3.05, 3.63) is 29.6 Å². The minimum atomic E-state index is 0.0656. The van der Waals surface area contributed by atoms with E-state index in [2.05, 4.69) is 27.2 Å². The van der Waals surface area contributed by atoms with Gasteiger partial charge in [0, 0.05) is 43.6 Å². The average molecular weight is 215 g/mol. The van der Waals surface area contributed by atoms with Crippen LogP contribution in [0.15, 0.2) is 18.3 Å². The molecule has 1 N–H and O–H groups in total. The Bertz CT molecular complexity index is 388. The van der Waals surface area contributed by atoms with Crippen LogP contribution in [0, 0.1) is 19.3 Å². The highest BCUT2D eigenvalue weighted by Gasteiger charge is 2.21. The van der Waals surface area contributed by atoms with E-state index in [1.165, 1.54) is 0 Å². The van der Waals surface area contributed by atoms with E-state index >= 15 is 0 Å². The average Bonchev–Trinajstić information content (AvgIpc) is 2.34. The molecule has 2 rings (SSSR count). The van der Waals surface area contributed by atoms with Crippen LogP contribution in [-0.2, 0) is 0 Å². The summed E-state index contributed by atoms with van der Waals surface area (Å²) in [5.74, 6) is 2.89. The summed E-state index contributed by atoms with van der Waals surface area (Å²) in [5, 5.41) is 3.33. The van der Waals surface area contributed by atoms with Crippen LogP contribution in [0.1, 0.15) is 17.3 Å². The van der Waals surface area contributed by atoms with Gasteiger partial charge < -0.3 is 5.32 Å². The van der Waals surface area contributed by atoms with Crippen molar-refractivity contribution in [3.8, 4) is 12.3 Å². The summed E-state index contributed by atoms with van der Waals surface area (Å²) in [6.07, 6.45) is 7.47. The van der Waals surface area contributed by atoms with Gasteiger partial charge in [-0.3, -0.25) is 9.88 Å². The van der Waals surface area contributed by atoms with Gasteiger partial charge in [0.25, 0.3) is 0 Å². The fourth-order valence-corrected chi connectivity index (χ4v) is 2.12. The van der Waals surface area contributed by atoms with Crippen molar-refractivity contribution in [3.63, 3.8) is 0 Å². The predicted octanol–water partition coefficient (Wildman–Crippen LogP) is 0.970. The van der Waals surface area contributed by atoms with Gasteiger partial charge in [-0.25, -0.2) is 0 Å². The fourth-order valence-electron chi connectivity index (χ4n) is 2.12. The number of nitrogens with one attached hydrogen (secondary N) is 1. The summed E-state index contributed by atoms with van der Waals surface area (Å²) in [5.41, 5.74) is 2.19. The molecule has 0 saturated carbocycles. The number of nitrogens with zero attached hydrogens (tertiary/aromatic N) is 2. The molecule has 3 nitrogen and oxygen atoms in total. The third-order valence-corrected chi connectivity index (χ3v) is 3.02. The first-order chi connectivity index (χ1) is 7.83. The maximum Gasteiger partial charge on any atom is 0.0986 e. The third kappa shape index (κ3) is 2.24. The molecule has 0 amide bonds. The van der Waals surface area contributed by atoms with E-state index in [0.717, 1.165) is 37.4 Å². The van der Waals surface area contributed by atoms with Crippen molar-refractivity contribution in [2.75, 3.05) is 26.2 Å². The minimum absolute atomic E-state index is 0.0656. The zero-order valence-corrected chi connectivity index (χ0v) is 9.61. The standard InChI is InChI=1S/C13H17N3/c1-3-13(16-9-7-14-8-10-16)12-5-4-6-15-11(12)2/h1,4-6,13-14H,7-10H2,2H3. The van der Waals surface area contributed by atoms with Crippen molar-refractivity contribution < 1.29 is 0 Å². The lowest BCUT2D eigenvalue weighted by Gasteiger charge is -2.32. The molecule has 1 aromatic heterocycles. The van der Waals surface area contributed by atoms with E-state index in [4.69, 9.17) is 6.42 Å². The van der Waals surface area contributed by atoms with Gasteiger partial charge in [-0.05, 0) is 13.0 Å². The number of hydrogen-bond acceptors (Lipinski definition) is 3. The normalized spacial score (nSPS) is 19.0. The lowest BCUT2D eigenvalue weighted by Crippen LogP contribution is -2.45. The van der Waals surface area contributed by atoms with Crippen LogP contribution in [0.4, 0.5) is 0 Å². The van der Waals surface area contributed by atoms with Crippen molar-refractivity contribution in [2.45, 2.75) is 13.0 Å². The summed E-state index contributed by atoms with van der Waals surface area (Å²) in [6.45, 7) is 6.04. The number of terminal acetylenes is 1. The highest BCUT2D eigenvalue weighted by Crippen LogP contribution is 2.21. The lowest BCUT2D eigenvalue weighted by atomic mass is 10.0. The Hall–Kier alpha value is -1.37. The number of pyridine rings is 1. The first kappa shape index (κ1) is 11.1. The SMILES string of the molecule is C#CC(c1cccnc1C)N1CCNCC1. The number of rotatable bonds is 2. The first-order valence-corrected chi connectivity index (χ1v) is 5.65. The number of aromatic nitrogens is 1. The highest BCUT2D eigenvalue weighted by molar-refractivity contribution is 5.29. The van der Waals surface area contributed by atoms with Crippen LogP contribution in [0.25, 0.3) is 0 Å². The third-order valence-electron chi connectivity index (χ3n) is 3.02. The lowest BCUT2D eigenvalue weighted by molar-refractivity contribution is 0.208. The quantitative estimate of drug-likeness (QED) is 0.745. The van der Waals surface area contributed by atoms with Gasteiger partial charge in [-0.1, -0.05) is 12.0 Å². The molecule has 0 spiro atoms. The molecule has 3 heteroatoms. The molecule has 1 saturated heterocycles. The summed E-state index contributed by atoms with van der Waals surface area (Å²) in [4.78, 5) is 6.64. The largest absolute Gasteiger partial charge is 0.314 e.